The molecule has 3 rings (SSSR count). The highest BCUT2D eigenvalue weighted by Crippen LogP contribution is 2.31. The predicted molar refractivity (Wildman–Crippen MR) is 115 cm³/mol. The second kappa shape index (κ2) is 8.67. The van der Waals surface area contributed by atoms with Crippen molar-refractivity contribution in [2.45, 2.75) is 32.4 Å². The number of ether oxygens (including phenoxy) is 2. The van der Waals surface area contributed by atoms with Crippen molar-refractivity contribution < 1.29 is 23.9 Å². The van der Waals surface area contributed by atoms with Gasteiger partial charge < -0.3 is 20.1 Å². The van der Waals surface area contributed by atoms with Crippen LogP contribution in [0.15, 0.2) is 42.5 Å². The molecule has 2 N–H and O–H groups in total. The van der Waals surface area contributed by atoms with E-state index in [2.05, 4.69) is 10.6 Å². The first-order valence-electron chi connectivity index (χ1n) is 9.92. The molecule has 0 aliphatic carbocycles. The lowest BCUT2D eigenvalue weighted by Crippen LogP contribution is -2.44. The Bertz CT molecular complexity index is 1020. The molecular formula is C23H27N3O5. The number of imide groups is 1. The molecule has 4 amide bonds. The molecule has 0 spiro atoms. The highest BCUT2D eigenvalue weighted by Gasteiger charge is 2.50. The largest absolute Gasteiger partial charge is 0.497 e. The van der Waals surface area contributed by atoms with Crippen LogP contribution in [0, 0.1) is 6.92 Å². The minimum atomic E-state index is -1.22. The van der Waals surface area contributed by atoms with Crippen LogP contribution in [0.5, 0.6) is 11.5 Å². The predicted octanol–water partition coefficient (Wildman–Crippen LogP) is 2.66. The van der Waals surface area contributed by atoms with E-state index in [0.717, 1.165) is 16.0 Å². The molecule has 1 fully saturated rings. The maximum Gasteiger partial charge on any atom is 0.325 e. The van der Waals surface area contributed by atoms with Gasteiger partial charge in [0.05, 0.1) is 20.3 Å². The summed E-state index contributed by atoms with van der Waals surface area (Å²) in [5, 5.41) is 5.55. The van der Waals surface area contributed by atoms with Gasteiger partial charge in [0.2, 0.25) is 5.91 Å². The summed E-state index contributed by atoms with van der Waals surface area (Å²) in [6.07, 6.45) is 0. The van der Waals surface area contributed by atoms with Crippen LogP contribution in [-0.2, 0) is 15.1 Å². The summed E-state index contributed by atoms with van der Waals surface area (Å²) in [4.78, 5) is 39.3. The van der Waals surface area contributed by atoms with Gasteiger partial charge in [-0.2, -0.15) is 0 Å². The zero-order chi connectivity index (χ0) is 22.8. The molecular weight excluding hydrogens is 398 g/mol. The van der Waals surface area contributed by atoms with Crippen LogP contribution in [0.25, 0.3) is 0 Å². The van der Waals surface area contributed by atoms with Crippen LogP contribution in [0.3, 0.4) is 0 Å². The summed E-state index contributed by atoms with van der Waals surface area (Å²) in [5.41, 5.74) is 1.08. The van der Waals surface area contributed by atoms with Gasteiger partial charge in [-0.3, -0.25) is 14.5 Å². The molecule has 31 heavy (non-hydrogen) atoms. The molecule has 1 aliphatic heterocycles. The summed E-state index contributed by atoms with van der Waals surface area (Å²) >= 11 is 0. The summed E-state index contributed by atoms with van der Waals surface area (Å²) in [7, 11) is 3.09. The van der Waals surface area contributed by atoms with Crippen LogP contribution in [0.4, 0.5) is 4.79 Å². The third-order valence-corrected chi connectivity index (χ3v) is 5.54. The number of benzene rings is 2. The monoisotopic (exact) mass is 425 g/mol. The van der Waals surface area contributed by atoms with Crippen LogP contribution < -0.4 is 20.1 Å². The van der Waals surface area contributed by atoms with Crippen LogP contribution in [0.1, 0.15) is 36.6 Å². The fourth-order valence-corrected chi connectivity index (χ4v) is 3.84. The number of hydrogen-bond acceptors (Lipinski definition) is 5. The van der Waals surface area contributed by atoms with Gasteiger partial charge in [-0.25, -0.2) is 4.79 Å². The first kappa shape index (κ1) is 22.1. The van der Waals surface area contributed by atoms with E-state index in [1.165, 1.54) is 0 Å². The van der Waals surface area contributed by atoms with Crippen molar-refractivity contribution in [3.8, 4) is 11.5 Å². The zero-order valence-electron chi connectivity index (χ0n) is 18.3. The fourth-order valence-electron chi connectivity index (χ4n) is 3.84. The molecule has 164 valence electrons. The molecule has 2 aromatic carbocycles. The highest BCUT2D eigenvalue weighted by molar-refractivity contribution is 6.09. The Balaban J connectivity index is 1.75. The molecule has 1 aliphatic rings. The quantitative estimate of drug-likeness (QED) is 0.665. The average molecular weight is 425 g/mol. The Morgan fingerprint density at radius 3 is 2.52 bits per heavy atom. The summed E-state index contributed by atoms with van der Waals surface area (Å²) in [5.74, 6) is 0.291. The molecule has 2 unspecified atom stereocenters. The molecule has 8 heteroatoms. The van der Waals surface area contributed by atoms with Crippen molar-refractivity contribution in [2.75, 3.05) is 20.8 Å². The van der Waals surface area contributed by atoms with Gasteiger partial charge in [0.1, 0.15) is 23.6 Å². The molecule has 0 bridgehead atoms. The number of urea groups is 1. The summed E-state index contributed by atoms with van der Waals surface area (Å²) in [6, 6.07) is 11.6. The number of aryl methyl sites for hydroxylation is 1. The number of rotatable bonds is 7. The number of amides is 4. The maximum absolute atomic E-state index is 13.1. The standard InChI is InChI=1S/C23H27N3O5/c1-14-8-6-7-9-18(14)23(3)21(28)26(22(29)25-23)13-20(27)24-15(2)17-12-16(30-4)10-11-19(17)31-5/h6-12,15H,13H2,1-5H3,(H,24,27)(H,25,29). The first-order valence-corrected chi connectivity index (χ1v) is 9.92. The van der Waals surface area contributed by atoms with Crippen molar-refractivity contribution >= 4 is 17.8 Å². The minimum Gasteiger partial charge on any atom is -0.497 e. The second-order valence-corrected chi connectivity index (χ2v) is 7.66. The van der Waals surface area contributed by atoms with Gasteiger partial charge >= 0.3 is 6.03 Å². The highest BCUT2D eigenvalue weighted by atomic mass is 16.5. The Morgan fingerprint density at radius 2 is 1.87 bits per heavy atom. The Morgan fingerprint density at radius 1 is 1.16 bits per heavy atom. The second-order valence-electron chi connectivity index (χ2n) is 7.66. The van der Waals surface area contributed by atoms with E-state index in [-0.39, 0.29) is 6.54 Å². The lowest BCUT2D eigenvalue weighted by molar-refractivity contribution is -0.135. The number of carbonyl (C=O) groups excluding carboxylic acids is 3. The molecule has 8 nitrogen and oxygen atoms in total. The van der Waals surface area contributed by atoms with Crippen molar-refractivity contribution in [1.29, 1.82) is 0 Å². The molecule has 0 aromatic heterocycles. The van der Waals surface area contributed by atoms with E-state index in [4.69, 9.17) is 9.47 Å². The number of carbonyl (C=O) groups is 3. The Kier molecular flexibility index (Phi) is 6.19. The van der Waals surface area contributed by atoms with Crippen molar-refractivity contribution in [3.05, 3.63) is 59.2 Å². The van der Waals surface area contributed by atoms with Crippen molar-refractivity contribution in [1.82, 2.24) is 15.5 Å². The number of nitrogens with zero attached hydrogens (tertiary/aromatic N) is 1. The van der Waals surface area contributed by atoms with Crippen molar-refractivity contribution in [2.24, 2.45) is 0 Å². The smallest absolute Gasteiger partial charge is 0.325 e. The minimum absolute atomic E-state index is 0.386. The molecule has 2 aromatic rings. The molecule has 2 atom stereocenters. The SMILES string of the molecule is COc1ccc(OC)c(C(C)NC(=O)CN2C(=O)NC(C)(c3ccccc3C)C2=O)c1. The third-order valence-electron chi connectivity index (χ3n) is 5.54. The Hall–Kier alpha value is -3.55. The lowest BCUT2D eigenvalue weighted by Gasteiger charge is -2.24. The number of hydrogen-bond donors (Lipinski definition) is 2. The topological polar surface area (TPSA) is 97.0 Å². The van der Waals surface area contributed by atoms with E-state index < -0.39 is 29.4 Å². The normalized spacial score (nSPS) is 19.1. The average Bonchev–Trinajstić information content (AvgIpc) is 2.97. The maximum atomic E-state index is 13.1. The fraction of sp³-hybridized carbons (Fsp3) is 0.348. The van der Waals surface area contributed by atoms with Gasteiger partial charge in [0, 0.05) is 5.56 Å². The summed E-state index contributed by atoms with van der Waals surface area (Å²) in [6.45, 7) is 4.93. The third kappa shape index (κ3) is 4.19. The number of methoxy groups -OCH3 is 2. The van der Waals surface area contributed by atoms with Crippen LogP contribution in [-0.4, -0.2) is 43.5 Å². The zero-order valence-corrected chi connectivity index (χ0v) is 18.3. The lowest BCUT2D eigenvalue weighted by atomic mass is 9.88. The van der Waals surface area contributed by atoms with E-state index in [1.54, 1.807) is 52.3 Å². The van der Waals surface area contributed by atoms with Gasteiger partial charge in [-0.05, 0) is 50.1 Å². The summed E-state index contributed by atoms with van der Waals surface area (Å²) < 4.78 is 10.6. The van der Waals surface area contributed by atoms with Gasteiger partial charge in [0.15, 0.2) is 0 Å². The van der Waals surface area contributed by atoms with Crippen LogP contribution in [0.2, 0.25) is 0 Å². The molecule has 1 heterocycles. The van der Waals surface area contributed by atoms with E-state index in [0.29, 0.717) is 17.1 Å². The first-order chi connectivity index (χ1) is 14.7. The Labute approximate surface area is 181 Å². The van der Waals surface area contributed by atoms with E-state index in [9.17, 15) is 14.4 Å². The van der Waals surface area contributed by atoms with Gasteiger partial charge in [-0.15, -0.1) is 0 Å². The van der Waals surface area contributed by atoms with E-state index >= 15 is 0 Å². The van der Waals surface area contributed by atoms with Crippen LogP contribution >= 0.6 is 0 Å². The van der Waals surface area contributed by atoms with Crippen molar-refractivity contribution in [3.63, 3.8) is 0 Å². The molecule has 0 saturated carbocycles. The van der Waals surface area contributed by atoms with Gasteiger partial charge in [-0.1, -0.05) is 24.3 Å². The van der Waals surface area contributed by atoms with E-state index in [1.807, 2.05) is 25.1 Å². The molecule has 0 radical (unpaired) electrons. The molecule has 1 saturated heterocycles. The van der Waals surface area contributed by atoms with Gasteiger partial charge in [0.25, 0.3) is 5.91 Å². The number of nitrogens with one attached hydrogen (secondary N) is 2.